The van der Waals surface area contributed by atoms with E-state index in [1.165, 1.54) is 16.3 Å². The van der Waals surface area contributed by atoms with Gasteiger partial charge in [-0.2, -0.15) is 0 Å². The zero-order valence-electron chi connectivity index (χ0n) is 9.16. The molecule has 0 bridgehead atoms. The number of hydrogen-bond acceptors (Lipinski definition) is 1. The van der Waals surface area contributed by atoms with Crippen LogP contribution in [0.2, 0.25) is 0 Å². The zero-order chi connectivity index (χ0) is 10.8. The second-order valence-corrected chi connectivity index (χ2v) is 4.24. The van der Waals surface area contributed by atoms with Gasteiger partial charge in [-0.15, -0.1) is 0 Å². The SMILES string of the molecule is CCCn1cc(C)c2ccccc2c1=S. The lowest BCUT2D eigenvalue weighted by atomic mass is 10.1. The molecule has 1 nitrogen and oxygen atoms in total. The molecule has 2 heteroatoms. The Balaban J connectivity index is 2.79. The van der Waals surface area contributed by atoms with Crippen LogP contribution in [0, 0.1) is 11.6 Å². The summed E-state index contributed by atoms with van der Waals surface area (Å²) in [6, 6.07) is 8.36. The molecule has 0 aliphatic rings. The van der Waals surface area contributed by atoms with Gasteiger partial charge in [-0.3, -0.25) is 0 Å². The molecule has 2 rings (SSSR count). The normalized spacial score (nSPS) is 10.8. The van der Waals surface area contributed by atoms with Crippen LogP contribution in [0.4, 0.5) is 0 Å². The first-order chi connectivity index (χ1) is 7.24. The van der Waals surface area contributed by atoms with Crippen LogP contribution in [0.25, 0.3) is 10.8 Å². The number of fused-ring (bicyclic) bond motifs is 1. The number of benzene rings is 1. The molecule has 0 aliphatic heterocycles. The molecule has 0 aliphatic carbocycles. The predicted molar refractivity (Wildman–Crippen MR) is 67.8 cm³/mol. The Labute approximate surface area is 95.4 Å². The van der Waals surface area contributed by atoms with Gasteiger partial charge in [-0.05, 0) is 24.3 Å². The van der Waals surface area contributed by atoms with Crippen molar-refractivity contribution in [1.82, 2.24) is 4.57 Å². The highest BCUT2D eigenvalue weighted by Gasteiger charge is 2.01. The summed E-state index contributed by atoms with van der Waals surface area (Å²) in [5.74, 6) is 0. The van der Waals surface area contributed by atoms with E-state index in [-0.39, 0.29) is 0 Å². The molecule has 78 valence electrons. The van der Waals surface area contributed by atoms with E-state index in [1.54, 1.807) is 0 Å². The van der Waals surface area contributed by atoms with Gasteiger partial charge >= 0.3 is 0 Å². The largest absolute Gasteiger partial charge is 0.338 e. The number of aromatic nitrogens is 1. The Kier molecular flexibility index (Phi) is 2.87. The maximum atomic E-state index is 5.48. The van der Waals surface area contributed by atoms with E-state index in [0.717, 1.165) is 17.6 Å². The van der Waals surface area contributed by atoms with Gasteiger partial charge in [0, 0.05) is 18.1 Å². The van der Waals surface area contributed by atoms with Gasteiger partial charge in [0.15, 0.2) is 0 Å². The predicted octanol–water partition coefficient (Wildman–Crippen LogP) is 4.09. The molecular formula is C13H15NS. The lowest BCUT2D eigenvalue weighted by Crippen LogP contribution is -2.01. The van der Waals surface area contributed by atoms with E-state index < -0.39 is 0 Å². The molecule has 1 heterocycles. The molecule has 0 saturated heterocycles. The molecule has 0 atom stereocenters. The minimum atomic E-state index is 0.957. The van der Waals surface area contributed by atoms with Crippen molar-refractivity contribution in [2.45, 2.75) is 26.8 Å². The molecule has 2 aromatic rings. The average Bonchev–Trinajstić information content (AvgIpc) is 2.26. The van der Waals surface area contributed by atoms with Crippen LogP contribution in [0.15, 0.2) is 30.5 Å². The third-order valence-corrected chi connectivity index (χ3v) is 3.11. The second-order valence-electron chi connectivity index (χ2n) is 3.86. The monoisotopic (exact) mass is 217 g/mol. The third kappa shape index (κ3) is 1.82. The van der Waals surface area contributed by atoms with Crippen LogP contribution in [-0.2, 0) is 6.54 Å². The summed E-state index contributed by atoms with van der Waals surface area (Å²) in [5, 5.41) is 2.47. The second kappa shape index (κ2) is 4.15. The van der Waals surface area contributed by atoms with Gasteiger partial charge in [0.2, 0.25) is 0 Å². The summed E-state index contributed by atoms with van der Waals surface area (Å²) in [4.78, 5) is 0. The summed E-state index contributed by atoms with van der Waals surface area (Å²) >= 11 is 5.48. The highest BCUT2D eigenvalue weighted by molar-refractivity contribution is 7.71. The van der Waals surface area contributed by atoms with Gasteiger partial charge in [0.1, 0.15) is 4.64 Å². The van der Waals surface area contributed by atoms with E-state index in [9.17, 15) is 0 Å². The molecule has 15 heavy (non-hydrogen) atoms. The van der Waals surface area contributed by atoms with E-state index in [1.807, 2.05) is 6.07 Å². The van der Waals surface area contributed by atoms with Crippen LogP contribution < -0.4 is 0 Å². The summed E-state index contributed by atoms with van der Waals surface area (Å²) in [6.45, 7) is 5.32. The van der Waals surface area contributed by atoms with Gasteiger partial charge in [0.05, 0.1) is 0 Å². The summed E-state index contributed by atoms with van der Waals surface area (Å²) in [6.07, 6.45) is 3.28. The summed E-state index contributed by atoms with van der Waals surface area (Å²) < 4.78 is 3.13. The van der Waals surface area contributed by atoms with Crippen molar-refractivity contribution in [3.63, 3.8) is 0 Å². The quantitative estimate of drug-likeness (QED) is 0.686. The van der Waals surface area contributed by atoms with E-state index >= 15 is 0 Å². The van der Waals surface area contributed by atoms with Crippen LogP contribution in [0.3, 0.4) is 0 Å². The molecule has 0 saturated carbocycles. The first-order valence-electron chi connectivity index (χ1n) is 5.33. The van der Waals surface area contributed by atoms with Gasteiger partial charge in [-0.1, -0.05) is 43.4 Å². The lowest BCUT2D eigenvalue weighted by Gasteiger charge is -2.10. The minimum absolute atomic E-state index is 0.957. The van der Waals surface area contributed by atoms with E-state index in [4.69, 9.17) is 12.2 Å². The fourth-order valence-electron chi connectivity index (χ4n) is 1.94. The molecule has 0 spiro atoms. The van der Waals surface area contributed by atoms with Crippen molar-refractivity contribution in [2.75, 3.05) is 0 Å². The van der Waals surface area contributed by atoms with Crippen molar-refractivity contribution in [3.05, 3.63) is 40.7 Å². The third-order valence-electron chi connectivity index (χ3n) is 2.66. The first-order valence-corrected chi connectivity index (χ1v) is 5.73. The molecule has 0 fully saturated rings. The van der Waals surface area contributed by atoms with Gasteiger partial charge in [0.25, 0.3) is 0 Å². The fourth-order valence-corrected chi connectivity index (χ4v) is 2.26. The highest BCUT2D eigenvalue weighted by atomic mass is 32.1. The van der Waals surface area contributed by atoms with Crippen molar-refractivity contribution in [2.24, 2.45) is 0 Å². The van der Waals surface area contributed by atoms with E-state index in [0.29, 0.717) is 0 Å². The summed E-state index contributed by atoms with van der Waals surface area (Å²) in [5.41, 5.74) is 1.30. The van der Waals surface area contributed by atoms with Crippen LogP contribution >= 0.6 is 12.2 Å². The Morgan fingerprint density at radius 2 is 1.87 bits per heavy atom. The van der Waals surface area contributed by atoms with Crippen molar-refractivity contribution < 1.29 is 0 Å². The minimum Gasteiger partial charge on any atom is -0.338 e. The van der Waals surface area contributed by atoms with Crippen LogP contribution in [0.5, 0.6) is 0 Å². The molecule has 1 aromatic heterocycles. The topological polar surface area (TPSA) is 4.93 Å². The molecule has 0 radical (unpaired) electrons. The van der Waals surface area contributed by atoms with Crippen LogP contribution in [0.1, 0.15) is 18.9 Å². The summed E-state index contributed by atoms with van der Waals surface area (Å²) in [7, 11) is 0. The maximum absolute atomic E-state index is 5.48. The Hall–Kier alpha value is -1.15. The lowest BCUT2D eigenvalue weighted by molar-refractivity contribution is 0.669. The van der Waals surface area contributed by atoms with Crippen molar-refractivity contribution >= 4 is 23.0 Å². The number of nitrogens with zero attached hydrogens (tertiary/aromatic N) is 1. The number of hydrogen-bond donors (Lipinski definition) is 0. The van der Waals surface area contributed by atoms with E-state index in [2.05, 4.69) is 42.8 Å². The average molecular weight is 217 g/mol. The molecule has 0 unspecified atom stereocenters. The van der Waals surface area contributed by atoms with Gasteiger partial charge < -0.3 is 4.57 Å². The number of rotatable bonds is 2. The molecule has 0 amide bonds. The van der Waals surface area contributed by atoms with Crippen LogP contribution in [-0.4, -0.2) is 4.57 Å². The highest BCUT2D eigenvalue weighted by Crippen LogP contribution is 2.19. The standard InChI is InChI=1S/C13H15NS/c1-3-8-14-9-10(2)11-6-4-5-7-12(11)13(14)15/h4-7,9H,3,8H2,1-2H3. The van der Waals surface area contributed by atoms with Crippen molar-refractivity contribution in [1.29, 1.82) is 0 Å². The van der Waals surface area contributed by atoms with Gasteiger partial charge in [-0.25, -0.2) is 0 Å². The Morgan fingerprint density at radius 1 is 1.20 bits per heavy atom. The van der Waals surface area contributed by atoms with Crippen molar-refractivity contribution in [3.8, 4) is 0 Å². The molecular weight excluding hydrogens is 202 g/mol. The zero-order valence-corrected chi connectivity index (χ0v) is 9.97. The smallest absolute Gasteiger partial charge is 0.113 e. The first kappa shape index (κ1) is 10.4. The molecule has 0 N–H and O–H groups in total. The fraction of sp³-hybridized carbons (Fsp3) is 0.308. The molecule has 1 aromatic carbocycles. The Bertz CT molecular complexity index is 540. The number of pyridine rings is 1. The Morgan fingerprint density at radius 3 is 2.53 bits per heavy atom. The number of aryl methyl sites for hydroxylation is 2. The maximum Gasteiger partial charge on any atom is 0.113 e.